The largest absolute Gasteiger partial charge is 0.455 e. The van der Waals surface area contributed by atoms with E-state index < -0.39 is 29.1 Å². The number of aryl methyl sites for hydroxylation is 1. The van der Waals surface area contributed by atoms with E-state index in [1.165, 1.54) is 6.08 Å². The number of nitrogens with one attached hydrogen (secondary N) is 1. The number of ether oxygens (including phenoxy) is 1. The molecule has 32 heavy (non-hydrogen) atoms. The van der Waals surface area contributed by atoms with Crippen LogP contribution in [0.15, 0.2) is 60.0 Å². The average molecular weight is 458 g/mol. The van der Waals surface area contributed by atoms with E-state index in [-0.39, 0.29) is 5.91 Å². The molecule has 9 heteroatoms. The van der Waals surface area contributed by atoms with Gasteiger partial charge in [-0.05, 0) is 30.7 Å². The highest BCUT2D eigenvalue weighted by Gasteiger charge is 2.22. The molecule has 3 rings (SSSR count). The number of rotatable bonds is 8. The molecule has 0 unspecified atom stereocenters. The van der Waals surface area contributed by atoms with E-state index in [0.29, 0.717) is 26.2 Å². The fourth-order valence-corrected chi connectivity index (χ4v) is 3.94. The number of benzene rings is 2. The number of hydrogen-bond acceptors (Lipinski definition) is 6. The van der Waals surface area contributed by atoms with Crippen LogP contribution in [-0.2, 0) is 24.3 Å². The van der Waals surface area contributed by atoms with E-state index in [9.17, 15) is 18.0 Å². The number of esters is 1. The number of hydrogen-bond donors (Lipinski definition) is 1. The van der Waals surface area contributed by atoms with Gasteiger partial charge in [0.2, 0.25) is 10.0 Å². The van der Waals surface area contributed by atoms with Crippen LogP contribution in [0.4, 0.5) is 5.69 Å². The van der Waals surface area contributed by atoms with E-state index >= 15 is 0 Å². The Morgan fingerprint density at radius 2 is 1.66 bits per heavy atom. The van der Waals surface area contributed by atoms with Crippen molar-refractivity contribution in [2.45, 2.75) is 6.92 Å². The smallest absolute Gasteiger partial charge is 0.321 e. The third kappa shape index (κ3) is 7.21. The Morgan fingerprint density at radius 1 is 1.00 bits per heavy atom. The average Bonchev–Trinajstić information content (AvgIpc) is 2.81. The number of carbonyl (C=O) groups is 2. The van der Waals surface area contributed by atoms with Crippen molar-refractivity contribution >= 4 is 33.7 Å². The molecular formula is C23H27N3O5S. The van der Waals surface area contributed by atoms with E-state index in [0.717, 1.165) is 22.2 Å². The summed E-state index contributed by atoms with van der Waals surface area (Å²) in [5.41, 5.74) is 2.90. The molecule has 0 atom stereocenters. The third-order valence-corrected chi connectivity index (χ3v) is 6.09. The lowest BCUT2D eigenvalue weighted by Crippen LogP contribution is -2.50. The van der Waals surface area contributed by atoms with Crippen molar-refractivity contribution in [3.05, 3.63) is 71.1 Å². The van der Waals surface area contributed by atoms with Gasteiger partial charge in [0.1, 0.15) is 6.54 Å². The minimum atomic E-state index is -3.81. The number of para-hydroxylation sites is 1. The predicted molar refractivity (Wildman–Crippen MR) is 123 cm³/mol. The zero-order valence-corrected chi connectivity index (χ0v) is 18.8. The molecule has 0 saturated carbocycles. The monoisotopic (exact) mass is 457 g/mol. The molecule has 0 aromatic heterocycles. The van der Waals surface area contributed by atoms with Crippen molar-refractivity contribution in [1.29, 1.82) is 0 Å². The minimum absolute atomic E-state index is 0.298. The first-order valence-corrected chi connectivity index (χ1v) is 11.8. The number of nitrogens with zero attached hydrogens (tertiary/aromatic N) is 2. The Labute approximate surface area is 188 Å². The molecule has 0 aliphatic carbocycles. The molecule has 1 fully saturated rings. The standard InChI is InChI=1S/C23H27N3O5S/c1-19-7-9-20(10-8-19)11-16-32(29,30)24-17-23(28)31-18-22(27)26-14-12-25(13-15-26)21-5-3-2-4-6-21/h2-11,16,24H,12-15,17-18H2,1H3. The Kier molecular flexibility index (Phi) is 8.02. The van der Waals surface area contributed by atoms with Crippen LogP contribution in [0, 0.1) is 6.92 Å². The SMILES string of the molecule is Cc1ccc(C=CS(=O)(=O)NCC(=O)OCC(=O)N2CCN(c3ccccc3)CC2)cc1. The summed E-state index contributed by atoms with van der Waals surface area (Å²) < 4.78 is 31.1. The summed E-state index contributed by atoms with van der Waals surface area (Å²) in [5, 5.41) is 0.988. The van der Waals surface area contributed by atoms with Crippen molar-refractivity contribution in [3.63, 3.8) is 0 Å². The maximum Gasteiger partial charge on any atom is 0.321 e. The van der Waals surface area contributed by atoms with Gasteiger partial charge < -0.3 is 14.5 Å². The first-order valence-electron chi connectivity index (χ1n) is 10.3. The zero-order chi connectivity index (χ0) is 23.0. The maximum atomic E-state index is 12.3. The van der Waals surface area contributed by atoms with Crippen molar-refractivity contribution < 1.29 is 22.7 Å². The molecule has 8 nitrogen and oxygen atoms in total. The van der Waals surface area contributed by atoms with Gasteiger partial charge in [0.05, 0.1) is 0 Å². The van der Waals surface area contributed by atoms with Crippen LogP contribution in [-0.4, -0.2) is 64.5 Å². The normalized spacial score (nSPS) is 14.5. The van der Waals surface area contributed by atoms with Gasteiger partial charge in [0.25, 0.3) is 5.91 Å². The molecule has 1 heterocycles. The predicted octanol–water partition coefficient (Wildman–Crippen LogP) is 1.78. The van der Waals surface area contributed by atoms with Crippen LogP contribution in [0.5, 0.6) is 0 Å². The number of piperazine rings is 1. The molecule has 1 aliphatic heterocycles. The number of sulfonamides is 1. The number of carbonyl (C=O) groups excluding carboxylic acids is 2. The second-order valence-corrected chi connectivity index (χ2v) is 9.09. The van der Waals surface area contributed by atoms with E-state index in [2.05, 4.69) is 9.62 Å². The van der Waals surface area contributed by atoms with Gasteiger partial charge in [-0.15, -0.1) is 0 Å². The fourth-order valence-electron chi connectivity index (χ4n) is 3.19. The summed E-state index contributed by atoms with van der Waals surface area (Å²) in [6.07, 6.45) is 1.44. The van der Waals surface area contributed by atoms with Crippen molar-refractivity contribution in [2.75, 3.05) is 44.2 Å². The number of anilines is 1. The molecule has 0 bridgehead atoms. The lowest BCUT2D eigenvalue weighted by molar-refractivity contribution is -0.151. The van der Waals surface area contributed by atoms with E-state index in [4.69, 9.17) is 4.74 Å². The van der Waals surface area contributed by atoms with Gasteiger partial charge in [-0.25, -0.2) is 13.1 Å². The second kappa shape index (κ2) is 10.9. The maximum absolute atomic E-state index is 12.3. The van der Waals surface area contributed by atoms with Gasteiger partial charge in [0, 0.05) is 37.3 Å². The van der Waals surface area contributed by atoms with Gasteiger partial charge >= 0.3 is 5.97 Å². The molecule has 170 valence electrons. The third-order valence-electron chi connectivity index (χ3n) is 5.05. The number of amides is 1. The van der Waals surface area contributed by atoms with Crippen LogP contribution in [0.2, 0.25) is 0 Å². The van der Waals surface area contributed by atoms with Crippen LogP contribution in [0.3, 0.4) is 0 Å². The molecule has 0 spiro atoms. The summed E-state index contributed by atoms with van der Waals surface area (Å²) in [4.78, 5) is 28.0. The summed E-state index contributed by atoms with van der Waals surface area (Å²) in [6.45, 7) is 3.42. The molecule has 1 amide bonds. The van der Waals surface area contributed by atoms with E-state index in [1.807, 2.05) is 49.4 Å². The molecule has 1 saturated heterocycles. The highest BCUT2D eigenvalue weighted by Crippen LogP contribution is 2.15. The summed E-state index contributed by atoms with van der Waals surface area (Å²) in [6, 6.07) is 17.3. The van der Waals surface area contributed by atoms with Crippen molar-refractivity contribution in [3.8, 4) is 0 Å². The van der Waals surface area contributed by atoms with Gasteiger partial charge in [0.15, 0.2) is 6.61 Å². The van der Waals surface area contributed by atoms with Gasteiger partial charge in [-0.2, -0.15) is 0 Å². The Morgan fingerprint density at radius 3 is 2.31 bits per heavy atom. The Bertz CT molecular complexity index is 1040. The fraction of sp³-hybridized carbons (Fsp3) is 0.304. The van der Waals surface area contributed by atoms with Crippen LogP contribution >= 0.6 is 0 Å². The summed E-state index contributed by atoms with van der Waals surface area (Å²) in [5.74, 6) is -1.11. The highest BCUT2D eigenvalue weighted by molar-refractivity contribution is 7.92. The second-order valence-electron chi connectivity index (χ2n) is 7.44. The topological polar surface area (TPSA) is 96.0 Å². The van der Waals surface area contributed by atoms with E-state index in [1.54, 1.807) is 17.0 Å². The van der Waals surface area contributed by atoms with Crippen LogP contribution in [0.25, 0.3) is 6.08 Å². The summed E-state index contributed by atoms with van der Waals surface area (Å²) >= 11 is 0. The van der Waals surface area contributed by atoms with Crippen molar-refractivity contribution in [1.82, 2.24) is 9.62 Å². The molecule has 1 N–H and O–H groups in total. The van der Waals surface area contributed by atoms with Crippen LogP contribution < -0.4 is 9.62 Å². The highest BCUT2D eigenvalue weighted by atomic mass is 32.2. The Hall–Kier alpha value is -3.17. The first-order chi connectivity index (χ1) is 15.3. The molecule has 2 aromatic rings. The molecule has 1 aliphatic rings. The molecule has 0 radical (unpaired) electrons. The van der Waals surface area contributed by atoms with Gasteiger partial charge in [-0.1, -0.05) is 48.0 Å². The Balaban J connectivity index is 1.38. The first kappa shape index (κ1) is 23.5. The quantitative estimate of drug-likeness (QED) is 0.607. The van der Waals surface area contributed by atoms with Gasteiger partial charge in [-0.3, -0.25) is 9.59 Å². The molecule has 2 aromatic carbocycles. The van der Waals surface area contributed by atoms with Crippen molar-refractivity contribution in [2.24, 2.45) is 0 Å². The zero-order valence-electron chi connectivity index (χ0n) is 17.9. The molecular weight excluding hydrogens is 430 g/mol. The lowest BCUT2D eigenvalue weighted by Gasteiger charge is -2.36. The van der Waals surface area contributed by atoms with Crippen LogP contribution in [0.1, 0.15) is 11.1 Å². The summed E-state index contributed by atoms with van der Waals surface area (Å²) in [7, 11) is -3.81. The lowest BCUT2D eigenvalue weighted by atomic mass is 10.2. The minimum Gasteiger partial charge on any atom is -0.455 e.